The third kappa shape index (κ3) is 4.30. The zero-order valence-corrected chi connectivity index (χ0v) is 18.8. The Morgan fingerprint density at radius 2 is 1.65 bits per heavy atom. The van der Waals surface area contributed by atoms with Crippen LogP contribution in [-0.2, 0) is 14.8 Å². The molecule has 0 heterocycles. The Labute approximate surface area is 184 Å². The van der Waals surface area contributed by atoms with Gasteiger partial charge in [0.2, 0.25) is 5.91 Å². The molecule has 4 rings (SSSR count). The molecule has 6 heteroatoms. The summed E-state index contributed by atoms with van der Waals surface area (Å²) in [5.74, 6) is -0.267. The molecular formula is C25H28N2O3S. The van der Waals surface area contributed by atoms with E-state index in [4.69, 9.17) is 0 Å². The monoisotopic (exact) mass is 436 g/mol. The number of nitrogens with zero attached hydrogens (tertiary/aromatic N) is 1. The van der Waals surface area contributed by atoms with E-state index in [1.54, 1.807) is 18.2 Å². The summed E-state index contributed by atoms with van der Waals surface area (Å²) >= 11 is 0. The molecule has 1 aliphatic carbocycles. The Morgan fingerprint density at radius 3 is 2.42 bits per heavy atom. The van der Waals surface area contributed by atoms with Crippen LogP contribution in [0.4, 0.5) is 5.69 Å². The van der Waals surface area contributed by atoms with Gasteiger partial charge in [-0.3, -0.25) is 9.10 Å². The second kappa shape index (κ2) is 8.71. The average Bonchev–Trinajstić information content (AvgIpc) is 3.26. The minimum atomic E-state index is -3.98. The van der Waals surface area contributed by atoms with Gasteiger partial charge in [0.15, 0.2) is 0 Å². The van der Waals surface area contributed by atoms with Gasteiger partial charge in [0, 0.05) is 11.4 Å². The van der Waals surface area contributed by atoms with Crippen molar-refractivity contribution >= 4 is 32.4 Å². The molecule has 3 aromatic rings. The molecule has 162 valence electrons. The number of fused-ring (bicyclic) bond motifs is 1. The van der Waals surface area contributed by atoms with Crippen molar-refractivity contribution in [3.05, 3.63) is 71.8 Å². The van der Waals surface area contributed by atoms with Gasteiger partial charge in [-0.05, 0) is 55.3 Å². The van der Waals surface area contributed by atoms with Crippen LogP contribution in [-0.4, -0.2) is 26.9 Å². The normalized spacial score (nSPS) is 14.6. The second-order valence-electron chi connectivity index (χ2n) is 8.26. The summed E-state index contributed by atoms with van der Waals surface area (Å²) in [6.07, 6.45) is 4.09. The number of carbonyl (C=O) groups is 1. The first-order valence-corrected chi connectivity index (χ1v) is 12.2. The topological polar surface area (TPSA) is 66.5 Å². The summed E-state index contributed by atoms with van der Waals surface area (Å²) in [4.78, 5) is 13.1. The van der Waals surface area contributed by atoms with Gasteiger partial charge in [-0.15, -0.1) is 0 Å². The highest BCUT2D eigenvalue weighted by molar-refractivity contribution is 7.93. The molecule has 31 heavy (non-hydrogen) atoms. The molecule has 1 aliphatic rings. The lowest BCUT2D eigenvalue weighted by Crippen LogP contribution is -2.44. The van der Waals surface area contributed by atoms with E-state index >= 15 is 0 Å². The number of benzene rings is 3. The van der Waals surface area contributed by atoms with Crippen LogP contribution < -0.4 is 9.62 Å². The first-order valence-electron chi connectivity index (χ1n) is 10.7. The third-order valence-corrected chi connectivity index (χ3v) is 7.99. The maximum atomic E-state index is 13.9. The fourth-order valence-electron chi connectivity index (χ4n) is 4.32. The van der Waals surface area contributed by atoms with Crippen LogP contribution >= 0.6 is 0 Å². The van der Waals surface area contributed by atoms with E-state index in [1.807, 2.05) is 56.3 Å². The lowest BCUT2D eigenvalue weighted by molar-refractivity contribution is -0.120. The Bertz CT molecular complexity index is 1210. The van der Waals surface area contributed by atoms with E-state index in [0.717, 1.165) is 42.2 Å². The van der Waals surface area contributed by atoms with Crippen LogP contribution in [0.1, 0.15) is 36.8 Å². The van der Waals surface area contributed by atoms with Gasteiger partial charge < -0.3 is 5.32 Å². The number of anilines is 1. The number of aryl methyl sites for hydroxylation is 1. The summed E-state index contributed by atoms with van der Waals surface area (Å²) < 4.78 is 29.1. The zero-order valence-electron chi connectivity index (χ0n) is 18.0. The highest BCUT2D eigenvalue weighted by Crippen LogP contribution is 2.32. The molecule has 0 atom stereocenters. The first-order chi connectivity index (χ1) is 14.9. The van der Waals surface area contributed by atoms with Gasteiger partial charge in [-0.1, -0.05) is 61.4 Å². The lowest BCUT2D eigenvalue weighted by Gasteiger charge is -2.27. The van der Waals surface area contributed by atoms with E-state index in [1.165, 1.54) is 4.31 Å². The molecule has 0 saturated heterocycles. The molecule has 0 bridgehead atoms. The standard InChI is InChI=1S/C25H28N2O3S/c1-18-9-7-15-23(19(18)2)27(17-25(28)26-21-12-4-5-13-21)31(29,30)24-16-8-11-20-10-3-6-14-22(20)24/h3,6-11,14-16,21H,4-5,12-13,17H2,1-2H3,(H,26,28). The van der Waals surface area contributed by atoms with Crippen LogP contribution in [0.5, 0.6) is 0 Å². The number of nitrogens with one attached hydrogen (secondary N) is 1. The summed E-state index contributed by atoms with van der Waals surface area (Å²) in [7, 11) is -3.98. The van der Waals surface area contributed by atoms with Crippen LogP contribution in [0.25, 0.3) is 10.8 Å². The van der Waals surface area contributed by atoms with Crippen LogP contribution in [0, 0.1) is 13.8 Å². The summed E-state index contributed by atoms with van der Waals surface area (Å²) in [5, 5.41) is 4.53. The fourth-order valence-corrected chi connectivity index (χ4v) is 6.01. The Kier molecular flexibility index (Phi) is 6.01. The summed E-state index contributed by atoms with van der Waals surface area (Å²) in [6.45, 7) is 3.59. The van der Waals surface area contributed by atoms with Crippen molar-refractivity contribution in [2.24, 2.45) is 0 Å². The lowest BCUT2D eigenvalue weighted by atomic mass is 10.1. The Morgan fingerprint density at radius 1 is 0.968 bits per heavy atom. The molecule has 0 unspecified atom stereocenters. The summed E-state index contributed by atoms with van der Waals surface area (Å²) in [6, 6.07) is 18.3. The third-order valence-electron chi connectivity index (χ3n) is 6.17. The van der Waals surface area contributed by atoms with Gasteiger partial charge in [0.25, 0.3) is 10.0 Å². The van der Waals surface area contributed by atoms with Crippen molar-refractivity contribution in [2.75, 3.05) is 10.8 Å². The van der Waals surface area contributed by atoms with Crippen molar-refractivity contribution in [1.82, 2.24) is 5.32 Å². The van der Waals surface area contributed by atoms with Crippen LogP contribution in [0.15, 0.2) is 65.6 Å². The number of sulfonamides is 1. The summed E-state index contributed by atoms with van der Waals surface area (Å²) in [5.41, 5.74) is 2.36. The SMILES string of the molecule is Cc1cccc(N(CC(=O)NC2CCCC2)S(=O)(=O)c2cccc3ccccc23)c1C. The molecule has 0 spiro atoms. The molecule has 1 saturated carbocycles. The van der Waals surface area contributed by atoms with Crippen LogP contribution in [0.3, 0.4) is 0 Å². The molecule has 3 aromatic carbocycles. The van der Waals surface area contributed by atoms with Crippen molar-refractivity contribution in [3.8, 4) is 0 Å². The van der Waals surface area contributed by atoms with Crippen molar-refractivity contribution in [1.29, 1.82) is 0 Å². The van der Waals surface area contributed by atoms with E-state index in [2.05, 4.69) is 5.32 Å². The number of rotatable bonds is 6. The quantitative estimate of drug-likeness (QED) is 0.608. The molecule has 0 aliphatic heterocycles. The van der Waals surface area contributed by atoms with Crippen LogP contribution in [0.2, 0.25) is 0 Å². The highest BCUT2D eigenvalue weighted by atomic mass is 32.2. The maximum Gasteiger partial charge on any atom is 0.265 e. The smallest absolute Gasteiger partial charge is 0.265 e. The molecule has 5 nitrogen and oxygen atoms in total. The molecule has 0 aromatic heterocycles. The minimum absolute atomic E-state index is 0.133. The predicted octanol–water partition coefficient (Wildman–Crippen LogP) is 4.71. The van der Waals surface area contributed by atoms with E-state index in [-0.39, 0.29) is 23.4 Å². The van der Waals surface area contributed by atoms with Gasteiger partial charge >= 0.3 is 0 Å². The van der Waals surface area contributed by atoms with Gasteiger partial charge in [-0.2, -0.15) is 0 Å². The Balaban J connectivity index is 1.79. The number of hydrogen-bond donors (Lipinski definition) is 1. The first kappa shape index (κ1) is 21.4. The molecule has 1 N–H and O–H groups in total. The second-order valence-corrected chi connectivity index (χ2v) is 10.1. The van der Waals surface area contributed by atoms with Crippen molar-refractivity contribution in [3.63, 3.8) is 0 Å². The van der Waals surface area contributed by atoms with E-state index in [9.17, 15) is 13.2 Å². The predicted molar refractivity (Wildman–Crippen MR) is 125 cm³/mol. The molecule has 1 amide bonds. The van der Waals surface area contributed by atoms with Gasteiger partial charge in [-0.25, -0.2) is 8.42 Å². The molecule has 1 fully saturated rings. The molecule has 0 radical (unpaired) electrons. The largest absolute Gasteiger partial charge is 0.352 e. The van der Waals surface area contributed by atoms with Crippen molar-refractivity contribution in [2.45, 2.75) is 50.5 Å². The zero-order chi connectivity index (χ0) is 22.0. The van der Waals surface area contributed by atoms with E-state index < -0.39 is 10.0 Å². The fraction of sp³-hybridized carbons (Fsp3) is 0.320. The maximum absolute atomic E-state index is 13.9. The van der Waals surface area contributed by atoms with E-state index in [0.29, 0.717) is 11.1 Å². The van der Waals surface area contributed by atoms with Gasteiger partial charge in [0.05, 0.1) is 10.6 Å². The highest BCUT2D eigenvalue weighted by Gasteiger charge is 2.30. The molecular weight excluding hydrogens is 408 g/mol. The number of amides is 1. The minimum Gasteiger partial charge on any atom is -0.352 e. The number of hydrogen-bond acceptors (Lipinski definition) is 3. The van der Waals surface area contributed by atoms with Crippen molar-refractivity contribution < 1.29 is 13.2 Å². The van der Waals surface area contributed by atoms with Gasteiger partial charge in [0.1, 0.15) is 6.54 Å². The average molecular weight is 437 g/mol. The Hall–Kier alpha value is -2.86. The number of carbonyl (C=O) groups excluding carboxylic acids is 1.